The average Bonchev–Trinajstić information content (AvgIpc) is 2.94. The van der Waals surface area contributed by atoms with Crippen molar-refractivity contribution < 1.29 is 19.4 Å². The minimum absolute atomic E-state index is 0.0146. The van der Waals surface area contributed by atoms with Crippen molar-refractivity contribution in [3.05, 3.63) is 0 Å². The van der Waals surface area contributed by atoms with Gasteiger partial charge in [-0.3, -0.25) is 14.5 Å². The highest BCUT2D eigenvalue weighted by Gasteiger charge is 2.33. The average molecular weight is 285 g/mol. The van der Waals surface area contributed by atoms with E-state index in [1.807, 2.05) is 4.90 Å². The van der Waals surface area contributed by atoms with Crippen LogP contribution in [0.5, 0.6) is 0 Å². The van der Waals surface area contributed by atoms with E-state index in [9.17, 15) is 9.59 Å². The van der Waals surface area contributed by atoms with Gasteiger partial charge in [0.15, 0.2) is 0 Å². The first-order valence-electron chi connectivity index (χ1n) is 7.18. The quantitative estimate of drug-likeness (QED) is 0.680. The Morgan fingerprint density at radius 3 is 2.45 bits per heavy atom. The zero-order valence-corrected chi connectivity index (χ0v) is 11.7. The second-order valence-corrected chi connectivity index (χ2v) is 5.37. The molecule has 2 fully saturated rings. The van der Waals surface area contributed by atoms with Gasteiger partial charge in [0.2, 0.25) is 0 Å². The van der Waals surface area contributed by atoms with E-state index in [0.29, 0.717) is 26.2 Å². The van der Waals surface area contributed by atoms with Gasteiger partial charge in [-0.2, -0.15) is 0 Å². The van der Waals surface area contributed by atoms with E-state index in [0.717, 1.165) is 25.9 Å². The van der Waals surface area contributed by atoms with Gasteiger partial charge in [-0.25, -0.2) is 0 Å². The normalized spacial score (nSPS) is 27.8. The fourth-order valence-corrected chi connectivity index (χ4v) is 2.71. The van der Waals surface area contributed by atoms with Crippen molar-refractivity contribution >= 4 is 11.9 Å². The second kappa shape index (κ2) is 7.01. The molecule has 7 heteroatoms. The van der Waals surface area contributed by atoms with Gasteiger partial charge in [-0.15, -0.1) is 0 Å². The molecule has 2 unspecified atom stereocenters. The van der Waals surface area contributed by atoms with Crippen molar-refractivity contribution in [3.8, 4) is 0 Å². The molecule has 114 valence electrons. The topological polar surface area (TPSA) is 96.1 Å². The smallest absolute Gasteiger partial charge is 0.304 e. The zero-order chi connectivity index (χ0) is 14.5. The molecule has 0 radical (unpaired) electrons. The molecular formula is C13H23N3O4. The molecule has 0 bridgehead atoms. The first-order valence-corrected chi connectivity index (χ1v) is 7.18. The second-order valence-electron chi connectivity index (χ2n) is 5.37. The molecule has 1 amide bonds. The number of aliphatic carboxylic acids is 1. The van der Waals surface area contributed by atoms with Gasteiger partial charge < -0.3 is 20.5 Å². The third kappa shape index (κ3) is 3.91. The lowest BCUT2D eigenvalue weighted by molar-refractivity contribution is -0.145. The molecule has 0 aromatic rings. The van der Waals surface area contributed by atoms with E-state index < -0.39 is 5.97 Å². The van der Waals surface area contributed by atoms with E-state index in [1.54, 1.807) is 0 Å². The number of carboxylic acids is 1. The number of piperazine rings is 1. The van der Waals surface area contributed by atoms with Gasteiger partial charge in [0, 0.05) is 39.3 Å². The number of carbonyl (C=O) groups excluding carboxylic acids is 1. The van der Waals surface area contributed by atoms with Crippen LogP contribution in [0.3, 0.4) is 0 Å². The summed E-state index contributed by atoms with van der Waals surface area (Å²) in [5.41, 5.74) is 5.55. The lowest BCUT2D eigenvalue weighted by Gasteiger charge is -2.35. The number of ether oxygens (including phenoxy) is 1. The van der Waals surface area contributed by atoms with Crippen LogP contribution in [0.4, 0.5) is 0 Å². The van der Waals surface area contributed by atoms with Crippen LogP contribution in [0.15, 0.2) is 0 Å². The van der Waals surface area contributed by atoms with Gasteiger partial charge in [0.1, 0.15) is 6.10 Å². The number of nitrogens with zero attached hydrogens (tertiary/aromatic N) is 2. The monoisotopic (exact) mass is 285 g/mol. The molecule has 0 spiro atoms. The molecule has 2 saturated heterocycles. The molecule has 0 saturated carbocycles. The Kier molecular flexibility index (Phi) is 5.33. The van der Waals surface area contributed by atoms with Gasteiger partial charge in [0.25, 0.3) is 5.91 Å². The molecule has 7 nitrogen and oxygen atoms in total. The molecule has 0 aliphatic carbocycles. The van der Waals surface area contributed by atoms with Gasteiger partial charge >= 0.3 is 5.97 Å². The van der Waals surface area contributed by atoms with Gasteiger partial charge in [-0.1, -0.05) is 0 Å². The van der Waals surface area contributed by atoms with Crippen molar-refractivity contribution in [2.75, 3.05) is 39.3 Å². The number of carbonyl (C=O) groups is 2. The SMILES string of the molecule is NCC1CCC(C(=O)N2CCN(CCC(=O)O)CC2)O1. The number of carboxylic acid groups (broad SMARTS) is 1. The lowest BCUT2D eigenvalue weighted by atomic mass is 10.1. The van der Waals surface area contributed by atoms with Crippen molar-refractivity contribution in [3.63, 3.8) is 0 Å². The van der Waals surface area contributed by atoms with E-state index in [4.69, 9.17) is 15.6 Å². The Balaban J connectivity index is 1.73. The highest BCUT2D eigenvalue weighted by Crippen LogP contribution is 2.21. The largest absolute Gasteiger partial charge is 0.481 e. The van der Waals surface area contributed by atoms with Crippen molar-refractivity contribution in [2.45, 2.75) is 31.5 Å². The summed E-state index contributed by atoms with van der Waals surface area (Å²) < 4.78 is 5.62. The van der Waals surface area contributed by atoms with Crippen LogP contribution in [0, 0.1) is 0 Å². The molecule has 2 heterocycles. The Labute approximate surface area is 118 Å². The summed E-state index contributed by atoms with van der Waals surface area (Å²) in [5, 5.41) is 8.66. The standard InChI is InChI=1S/C13H23N3O4/c14-9-10-1-2-11(20-10)13(19)16-7-5-15(6-8-16)4-3-12(17)18/h10-11H,1-9,14H2,(H,17,18). The molecule has 2 rings (SSSR count). The number of nitrogens with two attached hydrogens (primary N) is 1. The third-order valence-corrected chi connectivity index (χ3v) is 3.97. The van der Waals surface area contributed by atoms with Crippen LogP contribution in [0.2, 0.25) is 0 Å². The van der Waals surface area contributed by atoms with E-state index >= 15 is 0 Å². The van der Waals surface area contributed by atoms with Crippen molar-refractivity contribution in [1.82, 2.24) is 9.80 Å². The maximum Gasteiger partial charge on any atom is 0.304 e. The van der Waals surface area contributed by atoms with Gasteiger partial charge in [0.05, 0.1) is 12.5 Å². The predicted octanol–water partition coefficient (Wildman–Crippen LogP) is -0.888. The first-order chi connectivity index (χ1) is 9.60. The third-order valence-electron chi connectivity index (χ3n) is 3.97. The maximum absolute atomic E-state index is 12.3. The highest BCUT2D eigenvalue weighted by molar-refractivity contribution is 5.81. The minimum Gasteiger partial charge on any atom is -0.481 e. The molecule has 0 aromatic heterocycles. The van der Waals surface area contributed by atoms with E-state index in [-0.39, 0.29) is 24.5 Å². The number of hydrogen-bond acceptors (Lipinski definition) is 5. The summed E-state index contributed by atoms with van der Waals surface area (Å²) >= 11 is 0. The number of amides is 1. The fraction of sp³-hybridized carbons (Fsp3) is 0.846. The van der Waals surface area contributed by atoms with E-state index in [2.05, 4.69) is 4.90 Å². The van der Waals surface area contributed by atoms with Crippen molar-refractivity contribution in [2.24, 2.45) is 5.73 Å². The Morgan fingerprint density at radius 1 is 1.20 bits per heavy atom. The molecule has 2 atom stereocenters. The summed E-state index contributed by atoms with van der Waals surface area (Å²) in [6.07, 6.45) is 1.43. The van der Waals surface area contributed by atoms with Crippen LogP contribution < -0.4 is 5.73 Å². The van der Waals surface area contributed by atoms with Crippen LogP contribution in [-0.2, 0) is 14.3 Å². The van der Waals surface area contributed by atoms with Gasteiger partial charge in [-0.05, 0) is 12.8 Å². The minimum atomic E-state index is -0.782. The Hall–Kier alpha value is -1.18. The highest BCUT2D eigenvalue weighted by atomic mass is 16.5. The summed E-state index contributed by atoms with van der Waals surface area (Å²) in [6, 6.07) is 0. The maximum atomic E-state index is 12.3. The molecule has 2 aliphatic heterocycles. The number of rotatable bonds is 5. The van der Waals surface area contributed by atoms with E-state index in [1.165, 1.54) is 0 Å². The van der Waals surface area contributed by atoms with Crippen LogP contribution >= 0.6 is 0 Å². The van der Waals surface area contributed by atoms with Crippen molar-refractivity contribution in [1.29, 1.82) is 0 Å². The lowest BCUT2D eigenvalue weighted by Crippen LogP contribution is -2.51. The molecule has 0 aromatic carbocycles. The molecule has 3 N–H and O–H groups in total. The zero-order valence-electron chi connectivity index (χ0n) is 11.7. The summed E-state index contributed by atoms with van der Waals surface area (Å²) in [4.78, 5) is 26.7. The Bertz CT molecular complexity index is 356. The van der Waals surface area contributed by atoms with Crippen LogP contribution in [-0.4, -0.2) is 78.3 Å². The fourth-order valence-electron chi connectivity index (χ4n) is 2.71. The molecule has 20 heavy (non-hydrogen) atoms. The molecular weight excluding hydrogens is 262 g/mol. The summed E-state index contributed by atoms with van der Waals surface area (Å²) in [7, 11) is 0. The summed E-state index contributed by atoms with van der Waals surface area (Å²) in [5.74, 6) is -0.727. The predicted molar refractivity (Wildman–Crippen MR) is 72.2 cm³/mol. The Morgan fingerprint density at radius 2 is 1.90 bits per heavy atom. The van der Waals surface area contributed by atoms with Crippen LogP contribution in [0.1, 0.15) is 19.3 Å². The number of hydrogen-bond donors (Lipinski definition) is 2. The molecule has 2 aliphatic rings. The first kappa shape index (κ1) is 15.2. The van der Waals surface area contributed by atoms with Crippen LogP contribution in [0.25, 0.3) is 0 Å². The summed E-state index contributed by atoms with van der Waals surface area (Å²) in [6.45, 7) is 3.76.